The van der Waals surface area contributed by atoms with Crippen LogP contribution in [0.15, 0.2) is 47.5 Å². The third-order valence-electron chi connectivity index (χ3n) is 8.31. The van der Waals surface area contributed by atoms with Gasteiger partial charge in [-0.15, -0.1) is 0 Å². The van der Waals surface area contributed by atoms with Crippen LogP contribution in [-0.4, -0.2) is 58.9 Å². The van der Waals surface area contributed by atoms with Gasteiger partial charge >= 0.3 is 5.97 Å². The second-order valence-corrected chi connectivity index (χ2v) is 12.8. The van der Waals surface area contributed by atoms with Gasteiger partial charge in [0, 0.05) is 21.2 Å². The number of benzene rings is 2. The lowest BCUT2D eigenvalue weighted by molar-refractivity contribution is -0.149. The number of methoxy groups -OCH3 is 1. The number of aliphatic hydroxyl groups is 1. The fourth-order valence-corrected chi connectivity index (χ4v) is 6.43. The molecule has 1 spiro atoms. The lowest BCUT2D eigenvalue weighted by Gasteiger charge is -2.46. The fourth-order valence-electron chi connectivity index (χ4n) is 5.90. The summed E-state index contributed by atoms with van der Waals surface area (Å²) in [5, 5.41) is 13.1. The molecule has 1 aliphatic heterocycles. The van der Waals surface area contributed by atoms with Crippen molar-refractivity contribution >= 4 is 46.7 Å². The maximum absolute atomic E-state index is 14.1. The quantitative estimate of drug-likeness (QED) is 0.403. The van der Waals surface area contributed by atoms with Crippen LogP contribution in [-0.2, 0) is 14.3 Å². The Kier molecular flexibility index (Phi) is 9.16. The highest BCUT2D eigenvalue weighted by Crippen LogP contribution is 2.49. The van der Waals surface area contributed by atoms with Crippen LogP contribution >= 0.6 is 23.2 Å². The molecule has 0 aromatic heterocycles. The van der Waals surface area contributed by atoms with Crippen LogP contribution in [0, 0.1) is 11.3 Å². The van der Waals surface area contributed by atoms with Gasteiger partial charge < -0.3 is 20.1 Å². The third-order valence-corrected chi connectivity index (χ3v) is 8.75. The second kappa shape index (κ2) is 12.1. The molecule has 2 aromatic carbocycles. The van der Waals surface area contributed by atoms with Gasteiger partial charge in [-0.2, -0.15) is 0 Å². The van der Waals surface area contributed by atoms with Gasteiger partial charge in [0.15, 0.2) is 6.10 Å². The number of halogens is 2. The van der Waals surface area contributed by atoms with Crippen LogP contribution in [0.2, 0.25) is 10.0 Å². The molecule has 4 rings (SSSR count). The highest BCUT2D eigenvalue weighted by molar-refractivity contribution is 6.47. The van der Waals surface area contributed by atoms with Gasteiger partial charge in [0.1, 0.15) is 11.4 Å². The molecule has 2 atom stereocenters. The van der Waals surface area contributed by atoms with E-state index >= 15 is 0 Å². The fraction of sp³-hybridized carbons (Fsp3) is 0.484. The number of esters is 1. The minimum absolute atomic E-state index is 0.164. The highest BCUT2D eigenvalue weighted by Gasteiger charge is 2.52. The van der Waals surface area contributed by atoms with E-state index in [-0.39, 0.29) is 23.9 Å². The summed E-state index contributed by atoms with van der Waals surface area (Å²) in [7, 11) is 1.16. The van der Waals surface area contributed by atoms with Gasteiger partial charge in [-0.25, -0.2) is 4.79 Å². The van der Waals surface area contributed by atoms with E-state index in [4.69, 9.17) is 28.2 Å². The predicted octanol–water partition coefficient (Wildman–Crippen LogP) is 5.58. The zero-order valence-electron chi connectivity index (χ0n) is 24.0. The van der Waals surface area contributed by atoms with Gasteiger partial charge in [0.2, 0.25) is 0 Å². The third kappa shape index (κ3) is 6.60. The molecule has 2 aliphatic rings. The second-order valence-electron chi connectivity index (χ2n) is 12.0. The summed E-state index contributed by atoms with van der Waals surface area (Å²) in [6, 6.07) is 11.7. The number of nitrogens with zero attached hydrogens (tertiary/aromatic N) is 2. The smallest absolute Gasteiger partial charge is 0.336 e. The summed E-state index contributed by atoms with van der Waals surface area (Å²) in [6.07, 6.45) is 1.93. The summed E-state index contributed by atoms with van der Waals surface area (Å²) < 4.78 is 4.47. The largest absolute Gasteiger partial charge is 0.467 e. The maximum Gasteiger partial charge on any atom is 0.336 e. The first kappa shape index (κ1) is 31.0. The number of carbonyl (C=O) groups is 3. The van der Waals surface area contributed by atoms with Crippen molar-refractivity contribution in [2.45, 2.75) is 71.2 Å². The number of aliphatic imine (C=N–C) groups is 1. The summed E-state index contributed by atoms with van der Waals surface area (Å²) in [4.78, 5) is 45.1. The lowest BCUT2D eigenvalue weighted by Crippen LogP contribution is -2.50. The van der Waals surface area contributed by atoms with Gasteiger partial charge in [0.05, 0.1) is 19.7 Å². The van der Waals surface area contributed by atoms with Crippen molar-refractivity contribution in [3.63, 3.8) is 0 Å². The molecule has 0 radical (unpaired) electrons. The molecule has 0 bridgehead atoms. The van der Waals surface area contributed by atoms with Crippen molar-refractivity contribution in [2.75, 3.05) is 13.7 Å². The maximum atomic E-state index is 14.1. The number of aliphatic hydroxyl groups excluding tert-OH is 1. The molecular weight excluding hydrogens is 565 g/mol. The molecule has 1 heterocycles. The number of hydrogen-bond acceptors (Lipinski definition) is 6. The van der Waals surface area contributed by atoms with E-state index in [9.17, 15) is 19.5 Å². The van der Waals surface area contributed by atoms with Crippen LogP contribution in [0.4, 0.5) is 0 Å². The monoisotopic (exact) mass is 601 g/mol. The average Bonchev–Trinajstić information content (AvgIpc) is 3.20. The standard InChI is InChI=1S/C31H37Cl2N3O5/c1-18(19-6-8-20(9-7-19)27(38)34-17-25(37)29(40)41-5)36-28(39)26(21-14-23(32)16-24(33)15-21)35-31(36)12-10-22(11-13-31)30(2,3)4/h6-9,14-16,18,22,25,37H,10-13,17H2,1-5H3,(H,34,38)/t18-,22?,25-,31?/m1/s1. The van der Waals surface area contributed by atoms with E-state index in [0.29, 0.717) is 32.8 Å². The van der Waals surface area contributed by atoms with Gasteiger partial charge in [-0.05, 0) is 79.8 Å². The van der Waals surface area contributed by atoms with Crippen molar-refractivity contribution in [3.05, 3.63) is 69.2 Å². The molecule has 2 amide bonds. The molecule has 1 fully saturated rings. The topological polar surface area (TPSA) is 108 Å². The molecule has 0 unspecified atom stereocenters. The van der Waals surface area contributed by atoms with Crippen LogP contribution in [0.5, 0.6) is 0 Å². The van der Waals surface area contributed by atoms with E-state index in [0.717, 1.165) is 38.4 Å². The van der Waals surface area contributed by atoms with E-state index in [2.05, 4.69) is 30.8 Å². The Bertz CT molecular complexity index is 1320. The van der Waals surface area contributed by atoms with Gasteiger partial charge in [-0.1, -0.05) is 56.1 Å². The molecule has 8 nitrogen and oxygen atoms in total. The first-order valence-electron chi connectivity index (χ1n) is 13.8. The van der Waals surface area contributed by atoms with E-state index in [1.165, 1.54) is 0 Å². The molecule has 220 valence electrons. The first-order valence-corrected chi connectivity index (χ1v) is 14.6. The number of amides is 2. The van der Waals surface area contributed by atoms with E-state index in [1.54, 1.807) is 30.3 Å². The van der Waals surface area contributed by atoms with E-state index < -0.39 is 23.6 Å². The van der Waals surface area contributed by atoms with E-state index in [1.807, 2.05) is 24.0 Å². The Hall–Kier alpha value is -2.94. The van der Waals surface area contributed by atoms with Crippen molar-refractivity contribution in [2.24, 2.45) is 16.3 Å². The number of nitrogens with one attached hydrogen (secondary N) is 1. The normalized spacial score (nSPS) is 22.3. The number of carbonyl (C=O) groups excluding carboxylic acids is 3. The molecule has 1 saturated carbocycles. The molecule has 2 aromatic rings. The Morgan fingerprint density at radius 3 is 2.24 bits per heavy atom. The molecular formula is C31H37Cl2N3O5. The first-order chi connectivity index (χ1) is 19.3. The number of ether oxygens (including phenoxy) is 1. The van der Waals surface area contributed by atoms with Gasteiger partial charge in [-0.3, -0.25) is 14.6 Å². The Morgan fingerprint density at radius 2 is 1.71 bits per heavy atom. The van der Waals surface area contributed by atoms with Crippen molar-refractivity contribution in [1.29, 1.82) is 0 Å². The summed E-state index contributed by atoms with van der Waals surface area (Å²) >= 11 is 12.6. The lowest BCUT2D eigenvalue weighted by atomic mass is 9.69. The summed E-state index contributed by atoms with van der Waals surface area (Å²) in [6.45, 7) is 8.48. The van der Waals surface area contributed by atoms with Crippen LogP contribution in [0.25, 0.3) is 0 Å². The molecule has 0 saturated heterocycles. The van der Waals surface area contributed by atoms with Gasteiger partial charge in [0.25, 0.3) is 11.8 Å². The van der Waals surface area contributed by atoms with Crippen LogP contribution < -0.4 is 5.32 Å². The SMILES string of the molecule is COC(=O)[C@H](O)CNC(=O)c1ccc([C@@H](C)N2C(=O)C(c3cc(Cl)cc(Cl)c3)=NC23CCC(C(C)(C)C)CC3)cc1. The zero-order valence-corrected chi connectivity index (χ0v) is 25.6. The summed E-state index contributed by atoms with van der Waals surface area (Å²) in [5.74, 6) is -0.916. The molecule has 10 heteroatoms. The predicted molar refractivity (Wildman–Crippen MR) is 159 cm³/mol. The van der Waals surface area contributed by atoms with Crippen molar-refractivity contribution in [3.8, 4) is 0 Å². The van der Waals surface area contributed by atoms with Crippen LogP contribution in [0.3, 0.4) is 0 Å². The Balaban J connectivity index is 1.60. The minimum Gasteiger partial charge on any atom is -0.467 e. The number of hydrogen-bond donors (Lipinski definition) is 2. The Labute approximate surface area is 251 Å². The highest BCUT2D eigenvalue weighted by atomic mass is 35.5. The number of rotatable bonds is 7. The molecule has 1 aliphatic carbocycles. The zero-order chi connectivity index (χ0) is 30.1. The van der Waals surface area contributed by atoms with Crippen molar-refractivity contribution < 1.29 is 24.2 Å². The average molecular weight is 603 g/mol. The van der Waals surface area contributed by atoms with Crippen LogP contribution in [0.1, 0.15) is 80.9 Å². The Morgan fingerprint density at radius 1 is 1.12 bits per heavy atom. The summed E-state index contributed by atoms with van der Waals surface area (Å²) in [5.41, 5.74) is 1.63. The minimum atomic E-state index is -1.45. The molecule has 2 N–H and O–H groups in total. The molecule has 41 heavy (non-hydrogen) atoms. The van der Waals surface area contributed by atoms with Crippen molar-refractivity contribution in [1.82, 2.24) is 10.2 Å².